The van der Waals surface area contributed by atoms with Gasteiger partial charge in [0.15, 0.2) is 5.79 Å². The lowest BCUT2D eigenvalue weighted by molar-refractivity contribution is -0.269. The Kier molecular flexibility index (Phi) is 7.43. The first-order valence-electron chi connectivity index (χ1n) is 8.76. The molecule has 1 aliphatic rings. The van der Waals surface area contributed by atoms with Gasteiger partial charge in [0, 0.05) is 12.1 Å². The van der Waals surface area contributed by atoms with Crippen LogP contribution in [0.1, 0.15) is 26.2 Å². The van der Waals surface area contributed by atoms with Gasteiger partial charge in [-0.3, -0.25) is 8.98 Å². The lowest BCUT2D eigenvalue weighted by atomic mass is 10.1. The summed E-state index contributed by atoms with van der Waals surface area (Å²) in [5.74, 6) is -3.93. The molecule has 2 rings (SSSR count). The van der Waals surface area contributed by atoms with Gasteiger partial charge in [-0.05, 0) is 25.5 Å². The maximum Gasteiger partial charge on any atom is 0.447 e. The van der Waals surface area contributed by atoms with Crippen LogP contribution >= 0.6 is 0 Å². The van der Waals surface area contributed by atoms with Crippen LogP contribution in [0, 0.1) is 0 Å². The van der Waals surface area contributed by atoms with E-state index in [1.54, 1.807) is 5.32 Å². The SMILES string of the molecule is CC1(CC(CC(F)(F)F)OS(=O)(=O)C(F)(F)C(=O)Nc2ccccc2)OCCCO1. The highest BCUT2D eigenvalue weighted by atomic mass is 32.2. The first-order valence-corrected chi connectivity index (χ1v) is 10.2. The van der Waals surface area contributed by atoms with Crippen LogP contribution in [0.2, 0.25) is 0 Å². The molecule has 1 N–H and O–H groups in total. The number of nitrogens with one attached hydrogen (secondary N) is 1. The molecule has 1 saturated heterocycles. The zero-order valence-corrected chi connectivity index (χ0v) is 16.6. The first-order chi connectivity index (χ1) is 13.7. The number of rotatable bonds is 8. The van der Waals surface area contributed by atoms with Crippen molar-refractivity contribution in [3.63, 3.8) is 0 Å². The van der Waals surface area contributed by atoms with Crippen molar-refractivity contribution < 1.29 is 48.8 Å². The largest absolute Gasteiger partial charge is 0.447 e. The average molecular weight is 461 g/mol. The van der Waals surface area contributed by atoms with Crippen molar-refractivity contribution in [1.29, 1.82) is 0 Å². The molecule has 0 aliphatic carbocycles. The molecule has 1 unspecified atom stereocenters. The number of halogens is 5. The Labute approximate surface area is 169 Å². The van der Waals surface area contributed by atoms with Crippen molar-refractivity contribution in [2.45, 2.75) is 49.5 Å². The van der Waals surface area contributed by atoms with Gasteiger partial charge in [-0.1, -0.05) is 18.2 Å². The number of anilines is 1. The van der Waals surface area contributed by atoms with E-state index in [0.29, 0.717) is 6.42 Å². The fourth-order valence-corrected chi connectivity index (χ4v) is 3.58. The summed E-state index contributed by atoms with van der Waals surface area (Å²) in [6.45, 7) is 1.49. The van der Waals surface area contributed by atoms with Gasteiger partial charge in [-0.25, -0.2) is 0 Å². The zero-order chi connectivity index (χ0) is 22.6. The molecule has 1 fully saturated rings. The number of alkyl halides is 5. The molecule has 1 heterocycles. The minimum Gasteiger partial charge on any atom is -0.350 e. The van der Waals surface area contributed by atoms with Crippen molar-refractivity contribution >= 4 is 21.7 Å². The highest BCUT2D eigenvalue weighted by Gasteiger charge is 2.56. The van der Waals surface area contributed by atoms with Gasteiger partial charge in [-0.2, -0.15) is 30.4 Å². The van der Waals surface area contributed by atoms with E-state index in [2.05, 4.69) is 4.18 Å². The second-order valence-corrected chi connectivity index (χ2v) is 8.33. The Balaban J connectivity index is 2.19. The fraction of sp³-hybridized carbons (Fsp3) is 0.588. The number of benzene rings is 1. The third-order valence-electron chi connectivity index (χ3n) is 4.03. The predicted octanol–water partition coefficient (Wildman–Crippen LogP) is 3.43. The highest BCUT2D eigenvalue weighted by molar-refractivity contribution is 7.88. The number of para-hydroxylation sites is 1. The Morgan fingerprint density at radius 2 is 1.73 bits per heavy atom. The minimum absolute atomic E-state index is 0.123. The van der Waals surface area contributed by atoms with E-state index in [9.17, 15) is 35.2 Å². The van der Waals surface area contributed by atoms with Gasteiger partial charge in [0.25, 0.3) is 0 Å². The summed E-state index contributed by atoms with van der Waals surface area (Å²) in [5.41, 5.74) is -0.138. The Hall–Kier alpha value is -1.83. The van der Waals surface area contributed by atoms with Gasteiger partial charge in [0.05, 0.1) is 25.7 Å². The summed E-state index contributed by atoms with van der Waals surface area (Å²) >= 11 is 0. The van der Waals surface area contributed by atoms with Crippen LogP contribution in [0.4, 0.5) is 27.6 Å². The topological polar surface area (TPSA) is 90.9 Å². The van der Waals surface area contributed by atoms with Crippen LogP contribution in [-0.4, -0.2) is 50.9 Å². The molecule has 1 aromatic carbocycles. The van der Waals surface area contributed by atoms with E-state index in [1.165, 1.54) is 37.3 Å². The van der Waals surface area contributed by atoms with E-state index >= 15 is 0 Å². The molecule has 1 aliphatic heterocycles. The summed E-state index contributed by atoms with van der Waals surface area (Å²) in [7, 11) is -6.08. The number of hydrogen-bond acceptors (Lipinski definition) is 6. The molecule has 7 nitrogen and oxygen atoms in total. The Bertz CT molecular complexity index is 825. The molecule has 1 aromatic rings. The maximum atomic E-state index is 14.3. The summed E-state index contributed by atoms with van der Waals surface area (Å²) in [4.78, 5) is 11.8. The van der Waals surface area contributed by atoms with Gasteiger partial charge >= 0.3 is 27.5 Å². The normalized spacial score (nSPS) is 18.6. The summed E-state index contributed by atoms with van der Waals surface area (Å²) in [6, 6.07) is 6.73. The van der Waals surface area contributed by atoms with Crippen molar-refractivity contribution in [2.24, 2.45) is 0 Å². The Morgan fingerprint density at radius 1 is 1.17 bits per heavy atom. The third-order valence-corrected chi connectivity index (χ3v) is 5.37. The van der Waals surface area contributed by atoms with Crippen molar-refractivity contribution in [2.75, 3.05) is 18.5 Å². The van der Waals surface area contributed by atoms with Crippen molar-refractivity contribution in [1.82, 2.24) is 0 Å². The standard InChI is InChI=1S/C17H20F5NO6S/c1-15(27-8-5-9-28-15)10-13(11-16(18,19)20)29-30(25,26)17(21,22)14(24)23-12-6-3-2-4-7-12/h2-4,6-7,13H,5,8-11H2,1H3,(H,23,24). The minimum atomic E-state index is -6.08. The predicted molar refractivity (Wildman–Crippen MR) is 94.0 cm³/mol. The second-order valence-electron chi connectivity index (χ2n) is 6.72. The number of ether oxygens (including phenoxy) is 2. The lowest BCUT2D eigenvalue weighted by Gasteiger charge is -2.36. The van der Waals surface area contributed by atoms with E-state index in [-0.39, 0.29) is 18.9 Å². The van der Waals surface area contributed by atoms with Crippen LogP contribution in [0.5, 0.6) is 0 Å². The van der Waals surface area contributed by atoms with Crippen LogP contribution in [0.3, 0.4) is 0 Å². The molecule has 0 saturated carbocycles. The molecule has 1 amide bonds. The highest BCUT2D eigenvalue weighted by Crippen LogP contribution is 2.35. The van der Waals surface area contributed by atoms with Gasteiger partial charge in [0.1, 0.15) is 0 Å². The van der Waals surface area contributed by atoms with Crippen molar-refractivity contribution in [3.05, 3.63) is 30.3 Å². The number of carbonyl (C=O) groups excluding carboxylic acids is 1. The summed E-state index contributed by atoms with van der Waals surface area (Å²) < 4.78 is 106. The number of amides is 1. The van der Waals surface area contributed by atoms with Crippen LogP contribution in [0.25, 0.3) is 0 Å². The third kappa shape index (κ3) is 6.59. The molecule has 0 aromatic heterocycles. The maximum absolute atomic E-state index is 14.3. The van der Waals surface area contributed by atoms with E-state index in [0.717, 1.165) is 0 Å². The van der Waals surface area contributed by atoms with Crippen LogP contribution in [-0.2, 0) is 28.6 Å². The van der Waals surface area contributed by atoms with E-state index in [4.69, 9.17) is 9.47 Å². The first kappa shape index (κ1) is 24.4. The van der Waals surface area contributed by atoms with Crippen LogP contribution < -0.4 is 5.32 Å². The zero-order valence-electron chi connectivity index (χ0n) is 15.7. The van der Waals surface area contributed by atoms with Crippen LogP contribution in [0.15, 0.2) is 30.3 Å². The molecule has 170 valence electrons. The van der Waals surface area contributed by atoms with E-state index in [1.807, 2.05) is 0 Å². The molecule has 0 bridgehead atoms. The van der Waals surface area contributed by atoms with Gasteiger partial charge < -0.3 is 14.8 Å². The molecule has 13 heteroatoms. The smallest absolute Gasteiger partial charge is 0.350 e. The van der Waals surface area contributed by atoms with Gasteiger partial charge in [-0.15, -0.1) is 0 Å². The number of carbonyl (C=O) groups is 1. The molecule has 0 spiro atoms. The summed E-state index contributed by atoms with van der Waals surface area (Å²) in [5, 5.41) is -3.47. The molecular formula is C17H20F5NO6S. The Morgan fingerprint density at radius 3 is 2.27 bits per heavy atom. The monoisotopic (exact) mass is 461 g/mol. The molecule has 1 atom stereocenters. The van der Waals surface area contributed by atoms with Crippen molar-refractivity contribution in [3.8, 4) is 0 Å². The second kappa shape index (κ2) is 9.12. The molecule has 30 heavy (non-hydrogen) atoms. The quantitative estimate of drug-likeness (QED) is 0.471. The summed E-state index contributed by atoms with van der Waals surface area (Å²) in [6.07, 6.45) is -9.45. The molecular weight excluding hydrogens is 441 g/mol. The number of hydrogen-bond donors (Lipinski definition) is 1. The fourth-order valence-electron chi connectivity index (χ4n) is 2.68. The van der Waals surface area contributed by atoms with E-state index < -0.39 is 52.2 Å². The lowest BCUT2D eigenvalue weighted by Crippen LogP contribution is -2.47. The molecule has 0 radical (unpaired) electrons. The van der Waals surface area contributed by atoms with Gasteiger partial charge in [0.2, 0.25) is 0 Å². The average Bonchev–Trinajstić information content (AvgIpc) is 2.60.